The fourth-order valence-electron chi connectivity index (χ4n) is 2.49. The van der Waals surface area contributed by atoms with Crippen molar-refractivity contribution in [2.24, 2.45) is 0 Å². The Kier molecular flexibility index (Phi) is 3.71. The topological polar surface area (TPSA) is 33.2 Å². The number of hydrogen-bond acceptors (Lipinski definition) is 3. The molecule has 0 fully saturated rings. The van der Waals surface area contributed by atoms with Crippen LogP contribution in [0.3, 0.4) is 0 Å². The third kappa shape index (κ3) is 2.32. The number of carbonyl (C=O) groups is 1. The smallest absolute Gasteiger partial charge is 0.274 e. The lowest BCUT2D eigenvalue weighted by Crippen LogP contribution is -2.38. The predicted octanol–water partition coefficient (Wildman–Crippen LogP) is 4.21. The van der Waals surface area contributed by atoms with Crippen molar-refractivity contribution in [3.05, 3.63) is 49.9 Å². The summed E-state index contributed by atoms with van der Waals surface area (Å²) in [5, 5.41) is 2.68. The van der Waals surface area contributed by atoms with E-state index in [4.69, 9.17) is 23.2 Å². The molecule has 0 N–H and O–H groups in total. The van der Waals surface area contributed by atoms with Crippen LogP contribution in [0, 0.1) is 0 Å². The van der Waals surface area contributed by atoms with Crippen LogP contribution >= 0.6 is 34.5 Å². The Bertz CT molecular complexity index is 671. The summed E-state index contributed by atoms with van der Waals surface area (Å²) in [6, 6.07) is 5.30. The van der Waals surface area contributed by atoms with Gasteiger partial charge in [-0.05, 0) is 42.5 Å². The van der Waals surface area contributed by atoms with Crippen LogP contribution in [0.2, 0.25) is 10.2 Å². The maximum Gasteiger partial charge on any atom is 0.274 e. The van der Waals surface area contributed by atoms with Gasteiger partial charge in [-0.15, -0.1) is 11.3 Å². The van der Waals surface area contributed by atoms with Crippen molar-refractivity contribution in [1.29, 1.82) is 0 Å². The molecule has 104 valence electrons. The molecule has 0 saturated heterocycles. The molecule has 1 aliphatic rings. The lowest BCUT2D eigenvalue weighted by atomic mass is 10.0. The number of pyridine rings is 1. The number of aromatic nitrogens is 1. The molecule has 2 aromatic rings. The SMILES string of the molecule is CC1c2ccsc2CCN1C(=O)c1nc(Cl)ccc1Cl. The molecule has 3 heterocycles. The van der Waals surface area contributed by atoms with Crippen LogP contribution in [0.25, 0.3) is 0 Å². The highest BCUT2D eigenvalue weighted by atomic mass is 35.5. The summed E-state index contributed by atoms with van der Waals surface area (Å²) in [5.74, 6) is -0.165. The van der Waals surface area contributed by atoms with E-state index in [9.17, 15) is 4.79 Å². The fraction of sp³-hybridized carbons (Fsp3) is 0.286. The number of rotatable bonds is 1. The summed E-state index contributed by atoms with van der Waals surface area (Å²) in [6.07, 6.45) is 0.876. The van der Waals surface area contributed by atoms with E-state index >= 15 is 0 Å². The Morgan fingerprint density at radius 2 is 2.20 bits per heavy atom. The van der Waals surface area contributed by atoms with E-state index in [0.29, 0.717) is 11.6 Å². The van der Waals surface area contributed by atoms with Gasteiger partial charge < -0.3 is 4.90 Å². The van der Waals surface area contributed by atoms with E-state index < -0.39 is 0 Å². The first-order valence-electron chi connectivity index (χ1n) is 6.27. The largest absolute Gasteiger partial charge is 0.330 e. The number of amides is 1. The maximum atomic E-state index is 12.6. The average molecular weight is 327 g/mol. The normalized spacial score (nSPS) is 17.9. The van der Waals surface area contributed by atoms with Gasteiger partial charge in [0.2, 0.25) is 0 Å². The number of fused-ring (bicyclic) bond motifs is 1. The van der Waals surface area contributed by atoms with Crippen molar-refractivity contribution in [2.75, 3.05) is 6.54 Å². The molecule has 20 heavy (non-hydrogen) atoms. The van der Waals surface area contributed by atoms with Crippen molar-refractivity contribution in [2.45, 2.75) is 19.4 Å². The van der Waals surface area contributed by atoms with Crippen molar-refractivity contribution in [3.8, 4) is 0 Å². The fourth-order valence-corrected chi connectivity index (χ4v) is 3.79. The third-order valence-corrected chi connectivity index (χ3v) is 5.06. The van der Waals surface area contributed by atoms with E-state index in [1.54, 1.807) is 28.4 Å². The number of carbonyl (C=O) groups excluding carboxylic acids is 1. The molecule has 0 aliphatic carbocycles. The zero-order valence-corrected chi connectivity index (χ0v) is 13.1. The molecule has 0 saturated carbocycles. The first-order valence-corrected chi connectivity index (χ1v) is 7.91. The highest BCUT2D eigenvalue weighted by molar-refractivity contribution is 7.10. The van der Waals surface area contributed by atoms with Crippen LogP contribution in [-0.2, 0) is 6.42 Å². The van der Waals surface area contributed by atoms with Crippen molar-refractivity contribution >= 4 is 40.4 Å². The van der Waals surface area contributed by atoms with E-state index in [1.807, 2.05) is 6.92 Å². The quantitative estimate of drug-likeness (QED) is 0.735. The van der Waals surface area contributed by atoms with Gasteiger partial charge in [0.15, 0.2) is 0 Å². The Balaban J connectivity index is 1.94. The number of thiophene rings is 1. The van der Waals surface area contributed by atoms with E-state index in [-0.39, 0.29) is 22.8 Å². The maximum absolute atomic E-state index is 12.6. The van der Waals surface area contributed by atoms with Crippen molar-refractivity contribution < 1.29 is 4.79 Å². The Morgan fingerprint density at radius 1 is 1.40 bits per heavy atom. The molecule has 1 aliphatic heterocycles. The highest BCUT2D eigenvalue weighted by Gasteiger charge is 2.30. The minimum absolute atomic E-state index is 0.0364. The van der Waals surface area contributed by atoms with Gasteiger partial charge in [0.05, 0.1) is 11.1 Å². The van der Waals surface area contributed by atoms with Crippen LogP contribution in [0.1, 0.15) is 33.9 Å². The first-order chi connectivity index (χ1) is 9.58. The summed E-state index contributed by atoms with van der Waals surface area (Å²) in [5.41, 5.74) is 1.44. The van der Waals surface area contributed by atoms with Gasteiger partial charge in [-0.3, -0.25) is 4.79 Å². The Labute approximate surface area is 131 Å². The summed E-state index contributed by atoms with van der Waals surface area (Å²) in [6.45, 7) is 2.71. The second kappa shape index (κ2) is 5.35. The summed E-state index contributed by atoms with van der Waals surface area (Å²) in [7, 11) is 0. The van der Waals surface area contributed by atoms with Crippen LogP contribution < -0.4 is 0 Å². The van der Waals surface area contributed by atoms with Crippen LogP contribution in [0.5, 0.6) is 0 Å². The number of halogens is 2. The Hall–Kier alpha value is -1.10. The molecule has 3 nitrogen and oxygen atoms in total. The van der Waals surface area contributed by atoms with Crippen molar-refractivity contribution in [1.82, 2.24) is 9.88 Å². The Morgan fingerprint density at radius 3 is 3.00 bits per heavy atom. The molecule has 1 unspecified atom stereocenters. The second-order valence-corrected chi connectivity index (χ2v) is 6.48. The first kappa shape index (κ1) is 13.9. The van der Waals surface area contributed by atoms with Crippen LogP contribution in [-0.4, -0.2) is 22.3 Å². The summed E-state index contributed by atoms with van der Waals surface area (Å²) < 4.78 is 0. The van der Waals surface area contributed by atoms with Crippen LogP contribution in [0.15, 0.2) is 23.6 Å². The molecule has 0 bridgehead atoms. The zero-order valence-electron chi connectivity index (χ0n) is 10.8. The van der Waals surface area contributed by atoms with Gasteiger partial charge in [-0.25, -0.2) is 4.98 Å². The van der Waals surface area contributed by atoms with Gasteiger partial charge in [0, 0.05) is 11.4 Å². The lowest BCUT2D eigenvalue weighted by molar-refractivity contribution is 0.0673. The summed E-state index contributed by atoms with van der Waals surface area (Å²) >= 11 is 13.7. The zero-order chi connectivity index (χ0) is 14.3. The predicted molar refractivity (Wildman–Crippen MR) is 81.7 cm³/mol. The standard InChI is InChI=1S/C14H12Cl2N2OS/c1-8-9-5-7-20-11(9)4-6-18(8)14(19)13-10(15)2-3-12(16)17-13/h2-3,5,7-8H,4,6H2,1H3. The second-order valence-electron chi connectivity index (χ2n) is 4.69. The van der Waals surface area contributed by atoms with Gasteiger partial charge in [0.1, 0.15) is 10.8 Å². The molecule has 3 rings (SSSR count). The van der Waals surface area contributed by atoms with Crippen molar-refractivity contribution in [3.63, 3.8) is 0 Å². The van der Waals surface area contributed by atoms with E-state index in [2.05, 4.69) is 16.4 Å². The average Bonchev–Trinajstić information content (AvgIpc) is 2.90. The minimum Gasteiger partial charge on any atom is -0.330 e. The lowest BCUT2D eigenvalue weighted by Gasteiger charge is -2.33. The monoisotopic (exact) mass is 326 g/mol. The molecule has 0 aromatic carbocycles. The highest BCUT2D eigenvalue weighted by Crippen LogP contribution is 2.34. The molecular formula is C14H12Cl2N2OS. The molecule has 1 amide bonds. The number of hydrogen-bond donors (Lipinski definition) is 0. The molecule has 1 atom stereocenters. The minimum atomic E-state index is -0.165. The van der Waals surface area contributed by atoms with E-state index in [1.165, 1.54) is 10.4 Å². The van der Waals surface area contributed by atoms with Gasteiger partial charge in [-0.1, -0.05) is 23.2 Å². The molecule has 6 heteroatoms. The molecular weight excluding hydrogens is 315 g/mol. The molecule has 0 radical (unpaired) electrons. The molecule has 2 aromatic heterocycles. The third-order valence-electron chi connectivity index (χ3n) is 3.55. The van der Waals surface area contributed by atoms with Gasteiger partial charge >= 0.3 is 0 Å². The molecule has 0 spiro atoms. The van der Waals surface area contributed by atoms with E-state index in [0.717, 1.165) is 6.42 Å². The van der Waals surface area contributed by atoms with Crippen LogP contribution in [0.4, 0.5) is 0 Å². The van der Waals surface area contributed by atoms with Gasteiger partial charge in [-0.2, -0.15) is 0 Å². The number of nitrogens with zero attached hydrogens (tertiary/aromatic N) is 2. The summed E-state index contributed by atoms with van der Waals surface area (Å²) in [4.78, 5) is 19.9. The van der Waals surface area contributed by atoms with Gasteiger partial charge in [0.25, 0.3) is 5.91 Å².